The van der Waals surface area contributed by atoms with Gasteiger partial charge < -0.3 is 14.6 Å². The molecule has 1 heterocycles. The number of amides is 1. The Kier molecular flexibility index (Phi) is 7.03. The number of nitriles is 1. The van der Waals surface area contributed by atoms with Crippen molar-refractivity contribution in [3.8, 4) is 24.1 Å². The maximum absolute atomic E-state index is 12.1. The molecule has 0 aliphatic rings. The lowest BCUT2D eigenvalue weighted by Gasteiger charge is -2.10. The lowest BCUT2D eigenvalue weighted by Crippen LogP contribution is -2.29. The molecule has 0 saturated heterocycles. The molecule has 1 aromatic heterocycles. The second-order valence-corrected chi connectivity index (χ2v) is 6.30. The molecule has 2 aromatic rings. The van der Waals surface area contributed by atoms with Crippen molar-refractivity contribution < 1.29 is 14.3 Å². The summed E-state index contributed by atoms with van der Waals surface area (Å²) in [4.78, 5) is 23.6. The van der Waals surface area contributed by atoms with Gasteiger partial charge in [-0.2, -0.15) is 5.26 Å². The fourth-order valence-electron chi connectivity index (χ4n) is 2.65. The third-order valence-corrected chi connectivity index (χ3v) is 4.13. The molecule has 0 radical (unpaired) electrons. The smallest absolute Gasteiger partial charge is 0.349 e. The highest BCUT2D eigenvalue weighted by Gasteiger charge is 2.16. The fraction of sp³-hybridized carbons (Fsp3) is 0.190. The molecule has 0 spiro atoms. The molecule has 0 bridgehead atoms. The number of nitrogens with zero attached hydrogens (tertiary/aromatic N) is 2. The van der Waals surface area contributed by atoms with Crippen molar-refractivity contribution in [1.29, 1.82) is 5.26 Å². The van der Waals surface area contributed by atoms with Gasteiger partial charge in [0.2, 0.25) is 0 Å². The third-order valence-electron chi connectivity index (χ3n) is 3.90. The molecule has 0 fully saturated rings. The molecule has 28 heavy (non-hydrogen) atoms. The molecule has 2 rings (SSSR count). The van der Waals surface area contributed by atoms with Crippen molar-refractivity contribution in [3.05, 3.63) is 57.9 Å². The summed E-state index contributed by atoms with van der Waals surface area (Å²) in [5.41, 5.74) is 3.07. The molecule has 6 nitrogen and oxygen atoms in total. The molecule has 0 unspecified atom stereocenters. The lowest BCUT2D eigenvalue weighted by atomic mass is 10.1. The van der Waals surface area contributed by atoms with E-state index in [9.17, 15) is 14.9 Å². The van der Waals surface area contributed by atoms with E-state index in [2.05, 4.69) is 11.2 Å². The Balaban J connectivity index is 2.24. The van der Waals surface area contributed by atoms with Crippen LogP contribution in [0.2, 0.25) is 5.02 Å². The average Bonchev–Trinajstić information content (AvgIpc) is 2.95. The van der Waals surface area contributed by atoms with Crippen LogP contribution in [0.4, 0.5) is 0 Å². The molecule has 0 aliphatic heterocycles. The monoisotopic (exact) mass is 395 g/mol. The van der Waals surface area contributed by atoms with Crippen LogP contribution >= 0.6 is 11.6 Å². The Morgan fingerprint density at radius 3 is 2.75 bits per heavy atom. The van der Waals surface area contributed by atoms with Gasteiger partial charge in [0.15, 0.2) is 6.61 Å². The average molecular weight is 396 g/mol. The van der Waals surface area contributed by atoms with E-state index < -0.39 is 18.5 Å². The molecule has 1 amide bonds. The van der Waals surface area contributed by atoms with Crippen molar-refractivity contribution in [3.63, 3.8) is 0 Å². The quantitative estimate of drug-likeness (QED) is 0.353. The fourth-order valence-corrected chi connectivity index (χ4v) is 2.83. The highest BCUT2D eigenvalue weighted by atomic mass is 35.5. The third kappa shape index (κ3) is 5.03. The Morgan fingerprint density at radius 2 is 2.11 bits per heavy atom. The Labute approximate surface area is 168 Å². The zero-order chi connectivity index (χ0) is 20.7. The number of rotatable bonds is 6. The molecule has 0 saturated carbocycles. The van der Waals surface area contributed by atoms with Crippen LogP contribution in [0.5, 0.6) is 0 Å². The van der Waals surface area contributed by atoms with E-state index in [4.69, 9.17) is 22.8 Å². The molecule has 1 N–H and O–H groups in total. The van der Waals surface area contributed by atoms with Gasteiger partial charge in [-0.15, -0.1) is 6.42 Å². The minimum absolute atomic E-state index is 0.0345. The van der Waals surface area contributed by atoms with Crippen LogP contribution in [0.1, 0.15) is 17.0 Å². The number of nitrogens with one attached hydrogen (secondary N) is 1. The SMILES string of the molecule is C#CCNC(=O)COC(=O)/C(C#N)=C/c1cc(C)n(-c2cccc(Cl)c2)c1C. The first kappa shape index (κ1) is 20.8. The standard InChI is InChI=1S/C21H18ClN3O3/c1-4-8-24-20(26)13-28-21(27)17(12-23)10-16-9-14(2)25(15(16)3)19-7-5-6-18(22)11-19/h1,5-7,9-11H,8,13H2,2-3H3,(H,24,26)/b17-10+. The van der Waals surface area contributed by atoms with Crippen molar-refractivity contribution in [1.82, 2.24) is 9.88 Å². The van der Waals surface area contributed by atoms with Gasteiger partial charge in [0.25, 0.3) is 5.91 Å². The number of halogens is 1. The zero-order valence-corrected chi connectivity index (χ0v) is 16.2. The first-order chi connectivity index (χ1) is 13.4. The number of carbonyl (C=O) groups is 2. The van der Waals surface area contributed by atoms with Gasteiger partial charge in [-0.1, -0.05) is 23.6 Å². The zero-order valence-electron chi connectivity index (χ0n) is 15.5. The van der Waals surface area contributed by atoms with Gasteiger partial charge in [0, 0.05) is 22.1 Å². The van der Waals surface area contributed by atoms with E-state index in [-0.39, 0.29) is 12.1 Å². The van der Waals surface area contributed by atoms with E-state index in [1.54, 1.807) is 6.07 Å². The minimum atomic E-state index is -0.883. The Hall–Kier alpha value is -3.48. The van der Waals surface area contributed by atoms with Gasteiger partial charge in [0.05, 0.1) is 6.54 Å². The Bertz CT molecular complexity index is 1020. The summed E-state index contributed by atoms with van der Waals surface area (Å²) < 4.78 is 6.83. The van der Waals surface area contributed by atoms with Crippen LogP contribution in [0.3, 0.4) is 0 Å². The van der Waals surface area contributed by atoms with Gasteiger partial charge in [-0.25, -0.2) is 4.79 Å². The topological polar surface area (TPSA) is 84.1 Å². The predicted molar refractivity (Wildman–Crippen MR) is 107 cm³/mol. The molecule has 142 valence electrons. The summed E-state index contributed by atoms with van der Waals surface area (Å²) in [5, 5.41) is 12.3. The number of aryl methyl sites for hydroxylation is 1. The summed E-state index contributed by atoms with van der Waals surface area (Å²) in [5.74, 6) is 0.814. The predicted octanol–water partition coefficient (Wildman–Crippen LogP) is 2.95. The lowest BCUT2D eigenvalue weighted by molar-refractivity contribution is -0.144. The van der Waals surface area contributed by atoms with Gasteiger partial charge in [-0.05, 0) is 49.8 Å². The number of benzene rings is 1. The van der Waals surface area contributed by atoms with Crippen molar-refractivity contribution in [2.24, 2.45) is 0 Å². The molecule has 7 heteroatoms. The van der Waals surface area contributed by atoms with Gasteiger partial charge >= 0.3 is 5.97 Å². The number of carbonyl (C=O) groups excluding carboxylic acids is 2. The van der Waals surface area contributed by atoms with Crippen molar-refractivity contribution >= 4 is 29.6 Å². The number of hydrogen-bond acceptors (Lipinski definition) is 4. The molecular weight excluding hydrogens is 378 g/mol. The summed E-state index contributed by atoms with van der Waals surface area (Å²) >= 11 is 6.07. The summed E-state index contributed by atoms with van der Waals surface area (Å²) in [6, 6.07) is 11.0. The molecule has 0 atom stereocenters. The van der Waals surface area contributed by atoms with E-state index in [1.165, 1.54) is 6.08 Å². The van der Waals surface area contributed by atoms with E-state index in [0.29, 0.717) is 10.6 Å². The van der Waals surface area contributed by atoms with Crippen LogP contribution in [-0.2, 0) is 14.3 Å². The highest BCUT2D eigenvalue weighted by Crippen LogP contribution is 2.24. The molecule has 0 aliphatic carbocycles. The molecular formula is C21H18ClN3O3. The minimum Gasteiger partial charge on any atom is -0.451 e. The summed E-state index contributed by atoms with van der Waals surface area (Å²) in [6.45, 7) is 3.30. The van der Waals surface area contributed by atoms with Gasteiger partial charge in [-0.3, -0.25) is 4.79 Å². The number of esters is 1. The number of aromatic nitrogens is 1. The van der Waals surface area contributed by atoms with E-state index >= 15 is 0 Å². The highest BCUT2D eigenvalue weighted by molar-refractivity contribution is 6.30. The second-order valence-electron chi connectivity index (χ2n) is 5.87. The van der Waals surface area contributed by atoms with E-state index in [0.717, 1.165) is 17.1 Å². The number of ether oxygens (including phenoxy) is 1. The van der Waals surface area contributed by atoms with Crippen LogP contribution in [0, 0.1) is 37.5 Å². The van der Waals surface area contributed by atoms with Crippen molar-refractivity contribution in [2.45, 2.75) is 13.8 Å². The van der Waals surface area contributed by atoms with Crippen LogP contribution in [0.25, 0.3) is 11.8 Å². The maximum Gasteiger partial charge on any atom is 0.349 e. The van der Waals surface area contributed by atoms with Crippen LogP contribution in [0.15, 0.2) is 35.9 Å². The number of hydrogen-bond donors (Lipinski definition) is 1. The second kappa shape index (κ2) is 9.45. The first-order valence-corrected chi connectivity index (χ1v) is 8.69. The first-order valence-electron chi connectivity index (χ1n) is 8.31. The van der Waals surface area contributed by atoms with Crippen LogP contribution < -0.4 is 5.32 Å². The number of terminal acetylenes is 1. The van der Waals surface area contributed by atoms with E-state index in [1.807, 2.05) is 48.7 Å². The van der Waals surface area contributed by atoms with Crippen molar-refractivity contribution in [2.75, 3.05) is 13.2 Å². The normalized spacial score (nSPS) is 10.7. The summed E-state index contributed by atoms with van der Waals surface area (Å²) in [6.07, 6.45) is 6.47. The Morgan fingerprint density at radius 1 is 1.36 bits per heavy atom. The van der Waals surface area contributed by atoms with Crippen LogP contribution in [-0.4, -0.2) is 29.6 Å². The van der Waals surface area contributed by atoms with Gasteiger partial charge in [0.1, 0.15) is 11.6 Å². The maximum atomic E-state index is 12.1. The summed E-state index contributed by atoms with van der Waals surface area (Å²) in [7, 11) is 0. The molecule has 1 aromatic carbocycles. The largest absolute Gasteiger partial charge is 0.451 e.